The lowest BCUT2D eigenvalue weighted by atomic mass is 9.97. The number of alkyl halides is 3. The quantitative estimate of drug-likeness (QED) is 0.888. The maximum atomic E-state index is 13.2. The van der Waals surface area contributed by atoms with E-state index in [-0.39, 0.29) is 12.6 Å². The molecule has 2 atom stereocenters. The van der Waals surface area contributed by atoms with Crippen LogP contribution in [0.1, 0.15) is 29.2 Å². The number of fused-ring (bicyclic) bond motifs is 3. The molecule has 2 unspecified atom stereocenters. The number of benzene rings is 1. The minimum atomic E-state index is -4.40. The minimum Gasteiger partial charge on any atom is -0.387 e. The minimum absolute atomic E-state index is 0.0313. The first-order valence-electron chi connectivity index (χ1n) is 8.83. The topological polar surface area (TPSA) is 39.6 Å². The van der Waals surface area contributed by atoms with Gasteiger partial charge in [0.2, 0.25) is 0 Å². The summed E-state index contributed by atoms with van der Waals surface area (Å²) in [4.78, 5) is 7.91. The van der Waals surface area contributed by atoms with E-state index >= 15 is 0 Å². The van der Waals surface area contributed by atoms with E-state index < -0.39 is 17.8 Å². The zero-order valence-corrected chi connectivity index (χ0v) is 14.8. The van der Waals surface area contributed by atoms with Crippen molar-refractivity contribution in [1.82, 2.24) is 9.88 Å². The summed E-state index contributed by atoms with van der Waals surface area (Å²) >= 11 is 0. The number of pyridine rings is 1. The number of nitrogens with zero attached hydrogens (tertiary/aromatic N) is 3. The number of rotatable bonds is 3. The molecular weight excluding hydrogens is 355 g/mol. The van der Waals surface area contributed by atoms with Gasteiger partial charge in [0.1, 0.15) is 0 Å². The second-order valence-corrected chi connectivity index (χ2v) is 7.05. The van der Waals surface area contributed by atoms with Gasteiger partial charge < -0.3 is 14.9 Å². The first kappa shape index (κ1) is 17.9. The van der Waals surface area contributed by atoms with Crippen molar-refractivity contribution in [2.24, 2.45) is 0 Å². The van der Waals surface area contributed by atoms with Crippen molar-refractivity contribution < 1.29 is 18.3 Å². The number of β-amino-alcohol motifs (C(OH)–C–C–N with tert-alkyl or cyclic N) is 1. The third kappa shape index (κ3) is 3.27. The predicted octanol–water partition coefficient (Wildman–Crippen LogP) is 3.70. The van der Waals surface area contributed by atoms with Crippen LogP contribution in [0.3, 0.4) is 0 Å². The SMILES string of the molecule is CN1C=C2c3ccc(C(F)(F)F)cc3N(CC(O)c3ccncc3)C2CC1. The maximum absolute atomic E-state index is 13.2. The Morgan fingerprint density at radius 2 is 1.96 bits per heavy atom. The summed E-state index contributed by atoms with van der Waals surface area (Å²) in [5.41, 5.74) is 2.38. The number of hydrogen-bond acceptors (Lipinski definition) is 4. The lowest BCUT2D eigenvalue weighted by molar-refractivity contribution is -0.137. The van der Waals surface area contributed by atoms with Crippen molar-refractivity contribution >= 4 is 11.3 Å². The molecular formula is C20H20F3N3O. The highest BCUT2D eigenvalue weighted by molar-refractivity contribution is 5.88. The largest absolute Gasteiger partial charge is 0.416 e. The smallest absolute Gasteiger partial charge is 0.387 e. The van der Waals surface area contributed by atoms with Gasteiger partial charge in [0.05, 0.1) is 17.7 Å². The van der Waals surface area contributed by atoms with Crippen LogP contribution in [0.15, 0.2) is 48.9 Å². The van der Waals surface area contributed by atoms with Gasteiger partial charge in [0.25, 0.3) is 0 Å². The molecule has 0 bridgehead atoms. The Labute approximate surface area is 155 Å². The molecule has 0 saturated carbocycles. The molecule has 2 aliphatic heterocycles. The van der Waals surface area contributed by atoms with Crippen molar-refractivity contribution in [3.63, 3.8) is 0 Å². The molecule has 0 amide bonds. The molecule has 4 rings (SSSR count). The van der Waals surface area contributed by atoms with Crippen LogP contribution in [-0.2, 0) is 6.18 Å². The predicted molar refractivity (Wildman–Crippen MR) is 97.0 cm³/mol. The van der Waals surface area contributed by atoms with Gasteiger partial charge in [0, 0.05) is 50.0 Å². The molecule has 0 radical (unpaired) electrons. The van der Waals surface area contributed by atoms with Gasteiger partial charge in [-0.2, -0.15) is 13.2 Å². The monoisotopic (exact) mass is 375 g/mol. The number of halogens is 3. The van der Waals surface area contributed by atoms with Crippen molar-refractivity contribution in [2.75, 3.05) is 25.0 Å². The first-order valence-corrected chi connectivity index (χ1v) is 8.83. The molecule has 0 spiro atoms. The van der Waals surface area contributed by atoms with Crippen LogP contribution in [0, 0.1) is 0 Å². The summed E-state index contributed by atoms with van der Waals surface area (Å²) in [5, 5.41) is 10.7. The van der Waals surface area contributed by atoms with Crippen LogP contribution in [0.2, 0.25) is 0 Å². The first-order chi connectivity index (χ1) is 12.8. The van der Waals surface area contributed by atoms with Crippen molar-refractivity contribution in [2.45, 2.75) is 24.7 Å². The van der Waals surface area contributed by atoms with Crippen LogP contribution >= 0.6 is 0 Å². The molecule has 0 fully saturated rings. The van der Waals surface area contributed by atoms with Gasteiger partial charge in [-0.3, -0.25) is 4.98 Å². The summed E-state index contributed by atoms with van der Waals surface area (Å²) in [5.74, 6) is 0. The van der Waals surface area contributed by atoms with Crippen LogP contribution < -0.4 is 4.90 Å². The Morgan fingerprint density at radius 1 is 1.22 bits per heavy atom. The lowest BCUT2D eigenvalue weighted by Gasteiger charge is -2.34. The molecule has 0 saturated heterocycles. The van der Waals surface area contributed by atoms with E-state index in [2.05, 4.69) is 9.88 Å². The number of aliphatic hydroxyl groups is 1. The summed E-state index contributed by atoms with van der Waals surface area (Å²) in [6.45, 7) is 1.04. The van der Waals surface area contributed by atoms with Gasteiger partial charge in [0.15, 0.2) is 0 Å². The number of hydrogen-bond donors (Lipinski definition) is 1. The molecule has 1 N–H and O–H groups in total. The zero-order chi connectivity index (χ0) is 19.2. The Hall–Kier alpha value is -2.54. The molecule has 142 valence electrons. The fraction of sp³-hybridized carbons (Fsp3) is 0.350. The fourth-order valence-electron chi connectivity index (χ4n) is 3.90. The molecule has 1 aromatic heterocycles. The average Bonchev–Trinajstić information content (AvgIpc) is 2.94. The van der Waals surface area contributed by atoms with E-state index in [1.165, 1.54) is 6.07 Å². The lowest BCUT2D eigenvalue weighted by Crippen LogP contribution is -2.39. The number of anilines is 1. The van der Waals surface area contributed by atoms with E-state index in [1.807, 2.05) is 18.1 Å². The third-order valence-corrected chi connectivity index (χ3v) is 5.26. The highest BCUT2D eigenvalue weighted by Crippen LogP contribution is 2.46. The summed E-state index contributed by atoms with van der Waals surface area (Å²) in [7, 11) is 1.96. The zero-order valence-electron chi connectivity index (χ0n) is 14.8. The van der Waals surface area contributed by atoms with Crippen molar-refractivity contribution in [3.05, 3.63) is 65.6 Å². The van der Waals surface area contributed by atoms with Crippen molar-refractivity contribution in [3.8, 4) is 0 Å². The van der Waals surface area contributed by atoms with Gasteiger partial charge in [-0.15, -0.1) is 0 Å². The summed E-state index contributed by atoms with van der Waals surface area (Å²) in [6, 6.07) is 7.30. The number of aliphatic hydroxyl groups excluding tert-OH is 1. The Morgan fingerprint density at radius 3 is 2.67 bits per heavy atom. The van der Waals surface area contributed by atoms with Gasteiger partial charge in [-0.25, -0.2) is 0 Å². The molecule has 3 heterocycles. The van der Waals surface area contributed by atoms with E-state index in [0.29, 0.717) is 11.3 Å². The second-order valence-electron chi connectivity index (χ2n) is 7.05. The molecule has 7 heteroatoms. The van der Waals surface area contributed by atoms with Gasteiger partial charge in [-0.1, -0.05) is 6.07 Å². The highest BCUT2D eigenvalue weighted by Gasteiger charge is 2.39. The molecule has 2 aliphatic rings. The van der Waals surface area contributed by atoms with E-state index in [0.717, 1.165) is 30.2 Å². The normalized spacial score (nSPS) is 20.2. The summed E-state index contributed by atoms with van der Waals surface area (Å²) in [6.07, 6.45) is 0.775. The molecule has 4 nitrogen and oxygen atoms in total. The van der Waals surface area contributed by atoms with Gasteiger partial charge >= 0.3 is 6.18 Å². The third-order valence-electron chi connectivity index (χ3n) is 5.26. The number of aromatic nitrogens is 1. The summed E-state index contributed by atoms with van der Waals surface area (Å²) < 4.78 is 39.7. The van der Waals surface area contributed by atoms with Crippen LogP contribution in [0.25, 0.3) is 5.57 Å². The Bertz CT molecular complexity index is 867. The molecule has 1 aromatic carbocycles. The fourth-order valence-corrected chi connectivity index (χ4v) is 3.90. The Kier molecular flexibility index (Phi) is 4.34. The Balaban J connectivity index is 1.74. The second kappa shape index (κ2) is 6.56. The van der Waals surface area contributed by atoms with Crippen LogP contribution in [0.5, 0.6) is 0 Å². The standard InChI is InChI=1S/C20H20F3N3O/c1-25-9-6-17-16(11-25)15-3-2-14(20(21,22)23)10-18(15)26(17)12-19(27)13-4-7-24-8-5-13/h2-5,7-8,10-11,17,19,27H,6,9,12H2,1H3. The molecule has 2 aromatic rings. The maximum Gasteiger partial charge on any atom is 0.416 e. The van der Waals surface area contributed by atoms with E-state index in [1.54, 1.807) is 30.6 Å². The van der Waals surface area contributed by atoms with Crippen molar-refractivity contribution in [1.29, 1.82) is 0 Å². The van der Waals surface area contributed by atoms with Gasteiger partial charge in [-0.05, 0) is 41.8 Å². The molecule has 0 aliphatic carbocycles. The van der Waals surface area contributed by atoms with E-state index in [4.69, 9.17) is 0 Å². The van der Waals surface area contributed by atoms with Crippen LogP contribution in [-0.4, -0.2) is 41.2 Å². The highest BCUT2D eigenvalue weighted by atomic mass is 19.4. The average molecular weight is 375 g/mol. The van der Waals surface area contributed by atoms with Crippen LogP contribution in [0.4, 0.5) is 18.9 Å². The van der Waals surface area contributed by atoms with E-state index in [9.17, 15) is 18.3 Å². The molecule has 27 heavy (non-hydrogen) atoms.